The van der Waals surface area contributed by atoms with E-state index in [1.807, 2.05) is 20.8 Å². The summed E-state index contributed by atoms with van der Waals surface area (Å²) in [4.78, 5) is 21.9. The number of halogens is 1. The van der Waals surface area contributed by atoms with Crippen LogP contribution in [-0.2, 0) is 9.47 Å². The van der Waals surface area contributed by atoms with Gasteiger partial charge in [-0.15, -0.1) is 0 Å². The fourth-order valence-corrected chi connectivity index (χ4v) is 3.66. The van der Waals surface area contributed by atoms with Gasteiger partial charge in [0.1, 0.15) is 17.2 Å². The lowest BCUT2D eigenvalue weighted by molar-refractivity contribution is 0.0159. The van der Waals surface area contributed by atoms with Crippen LogP contribution in [-0.4, -0.2) is 46.8 Å². The van der Waals surface area contributed by atoms with Crippen LogP contribution in [0.5, 0.6) is 0 Å². The largest absolute Gasteiger partial charge is 0.482 e. The molecule has 29 heavy (non-hydrogen) atoms. The van der Waals surface area contributed by atoms with E-state index in [0.29, 0.717) is 42.8 Å². The standard InChI is InChI=1S/C21H29FN4O3/c1-20(2,3)29-19(27)26-10-8-21(4,9-11-26)16(17(23)28-5)18-24-14-7-6-13(22)12-15(14)25-18/h6-7,12H,8-11,23H2,1-5H3,(H,24,25). The molecule has 158 valence electrons. The Hall–Kier alpha value is -2.77. The van der Waals surface area contributed by atoms with Crippen molar-refractivity contribution in [3.05, 3.63) is 35.7 Å². The van der Waals surface area contributed by atoms with Crippen LogP contribution in [0.1, 0.15) is 46.4 Å². The predicted molar refractivity (Wildman–Crippen MR) is 109 cm³/mol. The predicted octanol–water partition coefficient (Wildman–Crippen LogP) is 4.01. The highest BCUT2D eigenvalue weighted by atomic mass is 19.1. The number of fused-ring (bicyclic) bond motifs is 1. The number of aromatic amines is 1. The first-order valence-corrected chi connectivity index (χ1v) is 9.70. The summed E-state index contributed by atoms with van der Waals surface area (Å²) in [6, 6.07) is 4.40. The van der Waals surface area contributed by atoms with Gasteiger partial charge in [0.25, 0.3) is 0 Å². The van der Waals surface area contributed by atoms with E-state index in [1.165, 1.54) is 19.2 Å². The molecule has 0 unspecified atom stereocenters. The van der Waals surface area contributed by atoms with Crippen molar-refractivity contribution in [2.45, 2.75) is 46.1 Å². The van der Waals surface area contributed by atoms with Gasteiger partial charge in [0.05, 0.1) is 23.7 Å². The van der Waals surface area contributed by atoms with Crippen molar-refractivity contribution in [2.75, 3.05) is 20.2 Å². The third-order valence-corrected chi connectivity index (χ3v) is 5.27. The number of aromatic nitrogens is 2. The Balaban J connectivity index is 1.87. The van der Waals surface area contributed by atoms with E-state index in [-0.39, 0.29) is 23.2 Å². The van der Waals surface area contributed by atoms with E-state index >= 15 is 0 Å². The number of nitrogens with two attached hydrogens (primary N) is 1. The summed E-state index contributed by atoms with van der Waals surface area (Å²) in [5, 5.41) is 0. The molecule has 8 heteroatoms. The number of likely N-dealkylation sites (tertiary alicyclic amines) is 1. The molecule has 0 spiro atoms. The lowest BCUT2D eigenvalue weighted by atomic mass is 9.73. The highest BCUT2D eigenvalue weighted by molar-refractivity contribution is 5.80. The summed E-state index contributed by atoms with van der Waals surface area (Å²) in [5.41, 5.74) is 7.29. The van der Waals surface area contributed by atoms with E-state index in [2.05, 4.69) is 16.9 Å². The van der Waals surface area contributed by atoms with E-state index in [0.717, 1.165) is 5.57 Å². The number of hydrogen-bond donors (Lipinski definition) is 2. The number of piperidine rings is 1. The molecule has 1 aliphatic rings. The number of amides is 1. The molecule has 0 bridgehead atoms. The normalized spacial score (nSPS) is 17.8. The minimum Gasteiger partial charge on any atom is -0.482 e. The van der Waals surface area contributed by atoms with Gasteiger partial charge in [0.2, 0.25) is 0 Å². The van der Waals surface area contributed by atoms with Gasteiger partial charge >= 0.3 is 6.09 Å². The number of hydrogen-bond acceptors (Lipinski definition) is 5. The molecule has 1 amide bonds. The second-order valence-electron chi connectivity index (χ2n) is 8.72. The first-order chi connectivity index (χ1) is 13.5. The van der Waals surface area contributed by atoms with Crippen LogP contribution in [0.3, 0.4) is 0 Å². The van der Waals surface area contributed by atoms with Gasteiger partial charge < -0.3 is 25.1 Å². The third-order valence-electron chi connectivity index (χ3n) is 5.27. The van der Waals surface area contributed by atoms with Gasteiger partial charge in [-0.3, -0.25) is 0 Å². The SMILES string of the molecule is COC(N)=C(c1nc2ccc(F)cc2[nH]1)C1(C)CCN(C(=O)OC(C)(C)C)CC1. The minimum absolute atomic E-state index is 0.262. The number of rotatable bonds is 3. The summed E-state index contributed by atoms with van der Waals surface area (Å²) in [6.45, 7) is 8.69. The molecule has 1 aromatic heterocycles. The van der Waals surface area contributed by atoms with Crippen molar-refractivity contribution in [3.8, 4) is 0 Å². The van der Waals surface area contributed by atoms with Gasteiger partial charge in [-0.05, 0) is 51.8 Å². The number of nitrogens with zero attached hydrogens (tertiary/aromatic N) is 2. The second-order valence-corrected chi connectivity index (χ2v) is 8.72. The van der Waals surface area contributed by atoms with Crippen LogP contribution >= 0.6 is 0 Å². The minimum atomic E-state index is -0.535. The fourth-order valence-electron chi connectivity index (χ4n) is 3.66. The van der Waals surface area contributed by atoms with Crippen molar-refractivity contribution in [1.29, 1.82) is 0 Å². The Morgan fingerprint density at radius 2 is 1.97 bits per heavy atom. The third kappa shape index (κ3) is 4.46. The number of carbonyl (C=O) groups is 1. The lowest BCUT2D eigenvalue weighted by Gasteiger charge is -2.40. The zero-order chi connectivity index (χ0) is 21.4. The Labute approximate surface area is 170 Å². The molecular formula is C21H29FN4O3. The van der Waals surface area contributed by atoms with E-state index in [4.69, 9.17) is 15.2 Å². The van der Waals surface area contributed by atoms with E-state index in [1.54, 1.807) is 11.0 Å². The van der Waals surface area contributed by atoms with Gasteiger partial charge in [0.15, 0.2) is 5.88 Å². The highest BCUT2D eigenvalue weighted by Crippen LogP contribution is 2.44. The Morgan fingerprint density at radius 3 is 2.55 bits per heavy atom. The molecule has 1 saturated heterocycles. The average molecular weight is 404 g/mol. The van der Waals surface area contributed by atoms with Crippen LogP contribution in [0.25, 0.3) is 16.6 Å². The topological polar surface area (TPSA) is 93.5 Å². The number of nitrogens with one attached hydrogen (secondary N) is 1. The smallest absolute Gasteiger partial charge is 0.410 e. The monoisotopic (exact) mass is 404 g/mol. The van der Waals surface area contributed by atoms with Crippen molar-refractivity contribution >= 4 is 22.7 Å². The van der Waals surface area contributed by atoms with Crippen LogP contribution in [0.15, 0.2) is 24.1 Å². The molecule has 0 saturated carbocycles. The second kappa shape index (κ2) is 7.57. The molecule has 0 radical (unpaired) electrons. The molecule has 2 aromatic rings. The molecule has 2 heterocycles. The van der Waals surface area contributed by atoms with Crippen molar-refractivity contribution in [3.63, 3.8) is 0 Å². The fraction of sp³-hybridized carbons (Fsp3) is 0.524. The van der Waals surface area contributed by atoms with Gasteiger partial charge in [-0.1, -0.05) is 6.92 Å². The summed E-state index contributed by atoms with van der Waals surface area (Å²) in [7, 11) is 1.51. The molecule has 0 aliphatic carbocycles. The molecule has 3 N–H and O–H groups in total. The summed E-state index contributed by atoms with van der Waals surface area (Å²) in [6.07, 6.45) is 1.01. The molecule has 1 fully saturated rings. The maximum absolute atomic E-state index is 13.6. The molecule has 0 atom stereocenters. The first-order valence-electron chi connectivity index (χ1n) is 9.70. The molecule has 3 rings (SSSR count). The van der Waals surface area contributed by atoms with Gasteiger partial charge in [0, 0.05) is 18.5 Å². The molecule has 1 aromatic carbocycles. The summed E-state index contributed by atoms with van der Waals surface area (Å²) >= 11 is 0. The highest BCUT2D eigenvalue weighted by Gasteiger charge is 2.40. The average Bonchev–Trinajstić information content (AvgIpc) is 3.02. The van der Waals surface area contributed by atoms with Gasteiger partial charge in [-0.2, -0.15) is 0 Å². The maximum atomic E-state index is 13.6. The van der Waals surface area contributed by atoms with Crippen LogP contribution < -0.4 is 5.73 Å². The quantitative estimate of drug-likeness (QED) is 0.754. The van der Waals surface area contributed by atoms with Crippen molar-refractivity contribution < 1.29 is 18.7 Å². The maximum Gasteiger partial charge on any atom is 0.410 e. The van der Waals surface area contributed by atoms with E-state index < -0.39 is 5.60 Å². The summed E-state index contributed by atoms with van der Waals surface area (Å²) < 4.78 is 24.4. The van der Waals surface area contributed by atoms with Gasteiger partial charge in [-0.25, -0.2) is 14.2 Å². The lowest BCUT2D eigenvalue weighted by Crippen LogP contribution is -2.45. The number of benzene rings is 1. The number of allylic oxidation sites excluding steroid dienone is 1. The Kier molecular flexibility index (Phi) is 5.47. The van der Waals surface area contributed by atoms with Crippen LogP contribution in [0, 0.1) is 11.2 Å². The Bertz CT molecular complexity index is 937. The number of H-pyrrole nitrogens is 1. The number of methoxy groups -OCH3 is 1. The van der Waals surface area contributed by atoms with Crippen molar-refractivity contribution in [1.82, 2.24) is 14.9 Å². The Morgan fingerprint density at radius 1 is 1.31 bits per heavy atom. The molecule has 7 nitrogen and oxygen atoms in total. The zero-order valence-corrected chi connectivity index (χ0v) is 17.6. The number of ether oxygens (including phenoxy) is 2. The molecular weight excluding hydrogens is 375 g/mol. The zero-order valence-electron chi connectivity index (χ0n) is 17.6. The number of carbonyl (C=O) groups excluding carboxylic acids is 1. The van der Waals surface area contributed by atoms with E-state index in [9.17, 15) is 9.18 Å². The summed E-state index contributed by atoms with van der Waals surface area (Å²) in [5.74, 6) is 0.478. The number of imidazole rings is 1. The first kappa shape index (κ1) is 21.0. The van der Waals surface area contributed by atoms with Crippen molar-refractivity contribution in [2.24, 2.45) is 11.1 Å². The molecule has 1 aliphatic heterocycles. The van der Waals surface area contributed by atoms with Crippen LogP contribution in [0.4, 0.5) is 9.18 Å². The van der Waals surface area contributed by atoms with Crippen LogP contribution in [0.2, 0.25) is 0 Å².